The average Bonchev–Trinajstić information content (AvgIpc) is 1.87. The van der Waals surface area contributed by atoms with Gasteiger partial charge in [0.05, 0.1) is 0 Å². The molecule has 1 nitrogen and oxygen atoms in total. The first kappa shape index (κ1) is 7.64. The van der Waals surface area contributed by atoms with Crippen LogP contribution in [0.2, 0.25) is 0 Å². The van der Waals surface area contributed by atoms with Crippen LogP contribution in [-0.2, 0) is 0 Å². The van der Waals surface area contributed by atoms with Crippen molar-refractivity contribution >= 4 is 0 Å². The zero-order chi connectivity index (χ0) is 7.23. The zero-order valence-corrected chi connectivity index (χ0v) is 6.82. The van der Waals surface area contributed by atoms with Crippen LogP contribution in [0.15, 0.2) is 11.8 Å². The highest BCUT2D eigenvalue weighted by Crippen LogP contribution is 2.14. The maximum Gasteiger partial charge on any atom is 0.00635 e. The van der Waals surface area contributed by atoms with E-state index in [4.69, 9.17) is 0 Å². The lowest BCUT2D eigenvalue weighted by Crippen LogP contribution is -2.06. The van der Waals surface area contributed by atoms with Crippen LogP contribution >= 0.6 is 0 Å². The minimum atomic E-state index is 1.26. The van der Waals surface area contributed by atoms with E-state index in [1.54, 1.807) is 0 Å². The fraction of sp³-hybridized carbons (Fsp3) is 0.778. The average molecular weight is 139 g/mol. The van der Waals surface area contributed by atoms with Gasteiger partial charge in [0.2, 0.25) is 0 Å². The van der Waals surface area contributed by atoms with E-state index in [1.807, 2.05) is 7.05 Å². The molecule has 0 radical (unpaired) electrons. The Hall–Kier alpha value is -0.460. The molecule has 0 atom stereocenters. The topological polar surface area (TPSA) is 12.0 Å². The van der Waals surface area contributed by atoms with Crippen LogP contribution in [0.1, 0.15) is 38.5 Å². The van der Waals surface area contributed by atoms with E-state index in [1.165, 1.54) is 44.2 Å². The molecule has 1 rings (SSSR count). The smallest absolute Gasteiger partial charge is 0.00635 e. The van der Waals surface area contributed by atoms with Crippen molar-refractivity contribution < 1.29 is 0 Å². The molecule has 0 aromatic carbocycles. The van der Waals surface area contributed by atoms with E-state index in [0.29, 0.717) is 0 Å². The highest BCUT2D eigenvalue weighted by molar-refractivity contribution is 4.99. The summed E-state index contributed by atoms with van der Waals surface area (Å²) in [5.41, 5.74) is 1.44. The summed E-state index contributed by atoms with van der Waals surface area (Å²) in [4.78, 5) is 0. The van der Waals surface area contributed by atoms with Gasteiger partial charge in [-0.25, -0.2) is 0 Å². The predicted molar refractivity (Wildman–Crippen MR) is 44.8 cm³/mol. The van der Waals surface area contributed by atoms with Crippen molar-refractivity contribution in [1.82, 2.24) is 5.32 Å². The van der Waals surface area contributed by atoms with Crippen molar-refractivity contribution in [2.45, 2.75) is 38.5 Å². The molecule has 0 unspecified atom stereocenters. The van der Waals surface area contributed by atoms with Crippen LogP contribution in [0.25, 0.3) is 0 Å². The number of hydrogen-bond donors (Lipinski definition) is 1. The van der Waals surface area contributed by atoms with Crippen LogP contribution in [0.4, 0.5) is 0 Å². The molecule has 0 heterocycles. The third-order valence-electron chi connectivity index (χ3n) is 2.11. The second-order valence-electron chi connectivity index (χ2n) is 2.93. The van der Waals surface area contributed by atoms with Crippen molar-refractivity contribution in [3.05, 3.63) is 11.8 Å². The van der Waals surface area contributed by atoms with Crippen LogP contribution in [0.3, 0.4) is 0 Å². The van der Waals surface area contributed by atoms with Crippen LogP contribution in [0.5, 0.6) is 0 Å². The van der Waals surface area contributed by atoms with Gasteiger partial charge >= 0.3 is 0 Å². The molecule has 58 valence electrons. The predicted octanol–water partition coefficient (Wildman–Crippen LogP) is 2.44. The second-order valence-corrected chi connectivity index (χ2v) is 2.93. The van der Waals surface area contributed by atoms with Gasteiger partial charge in [-0.1, -0.05) is 18.9 Å². The van der Waals surface area contributed by atoms with Gasteiger partial charge in [-0.3, -0.25) is 0 Å². The largest absolute Gasteiger partial charge is 0.392 e. The fourth-order valence-corrected chi connectivity index (χ4v) is 1.42. The Bertz CT molecular complexity index is 116. The SMILES string of the molecule is CN/C1=C/CCCCCC1. The Labute approximate surface area is 63.5 Å². The lowest BCUT2D eigenvalue weighted by atomic mass is 10.0. The first-order valence-corrected chi connectivity index (χ1v) is 4.30. The lowest BCUT2D eigenvalue weighted by Gasteiger charge is -2.09. The normalized spacial score (nSPS) is 25.9. The van der Waals surface area contributed by atoms with Crippen LogP contribution in [-0.4, -0.2) is 7.05 Å². The monoisotopic (exact) mass is 139 g/mol. The maximum atomic E-state index is 3.23. The number of allylic oxidation sites excluding steroid dienone is 2. The summed E-state index contributed by atoms with van der Waals surface area (Å²) < 4.78 is 0. The number of nitrogens with one attached hydrogen (secondary N) is 1. The van der Waals surface area contributed by atoms with Gasteiger partial charge in [-0.15, -0.1) is 0 Å². The molecule has 1 aliphatic carbocycles. The van der Waals surface area contributed by atoms with Crippen LogP contribution in [0, 0.1) is 0 Å². The molecule has 0 aromatic rings. The Kier molecular flexibility index (Phi) is 3.34. The van der Waals surface area contributed by atoms with E-state index in [0.717, 1.165) is 0 Å². The van der Waals surface area contributed by atoms with E-state index >= 15 is 0 Å². The highest BCUT2D eigenvalue weighted by atomic mass is 14.8. The molecule has 0 spiro atoms. The maximum absolute atomic E-state index is 3.23. The summed E-state index contributed by atoms with van der Waals surface area (Å²) in [5.74, 6) is 0. The van der Waals surface area contributed by atoms with Gasteiger partial charge in [0, 0.05) is 12.7 Å². The van der Waals surface area contributed by atoms with Gasteiger partial charge in [-0.2, -0.15) is 0 Å². The van der Waals surface area contributed by atoms with E-state index in [9.17, 15) is 0 Å². The van der Waals surface area contributed by atoms with Gasteiger partial charge in [0.15, 0.2) is 0 Å². The summed E-state index contributed by atoms with van der Waals surface area (Å²) >= 11 is 0. The standard InChI is InChI=1S/C9H17N/c1-10-9-7-5-3-2-4-6-8-9/h7,10H,2-6,8H2,1H3/b9-7+. The van der Waals surface area contributed by atoms with Gasteiger partial charge in [0.1, 0.15) is 0 Å². The van der Waals surface area contributed by atoms with Crippen molar-refractivity contribution in [1.29, 1.82) is 0 Å². The van der Waals surface area contributed by atoms with Crippen molar-refractivity contribution in [2.24, 2.45) is 0 Å². The van der Waals surface area contributed by atoms with Gasteiger partial charge < -0.3 is 5.32 Å². The van der Waals surface area contributed by atoms with E-state index < -0.39 is 0 Å². The third kappa shape index (κ3) is 2.42. The molecule has 0 saturated heterocycles. The van der Waals surface area contributed by atoms with Crippen molar-refractivity contribution in [2.75, 3.05) is 7.05 Å². The number of hydrogen-bond acceptors (Lipinski definition) is 1. The molecule has 1 heteroatoms. The molecule has 0 amide bonds. The summed E-state index contributed by atoms with van der Waals surface area (Å²) in [6.07, 6.45) is 10.5. The zero-order valence-electron chi connectivity index (χ0n) is 6.82. The quantitative estimate of drug-likeness (QED) is 0.588. The number of rotatable bonds is 1. The molecule has 1 aliphatic rings. The molecule has 1 N–H and O–H groups in total. The third-order valence-corrected chi connectivity index (χ3v) is 2.11. The Morgan fingerprint density at radius 2 is 2.00 bits per heavy atom. The summed E-state index contributed by atoms with van der Waals surface area (Å²) in [6.45, 7) is 0. The first-order chi connectivity index (χ1) is 4.93. The van der Waals surface area contributed by atoms with Crippen molar-refractivity contribution in [3.8, 4) is 0 Å². The molecular formula is C9H17N. The van der Waals surface area contributed by atoms with Crippen molar-refractivity contribution in [3.63, 3.8) is 0 Å². The minimum absolute atomic E-state index is 1.26. The Morgan fingerprint density at radius 1 is 1.20 bits per heavy atom. The Morgan fingerprint density at radius 3 is 2.80 bits per heavy atom. The molecule has 10 heavy (non-hydrogen) atoms. The summed E-state index contributed by atoms with van der Waals surface area (Å²) in [5, 5.41) is 3.23. The highest BCUT2D eigenvalue weighted by Gasteiger charge is 1.98. The molecular weight excluding hydrogens is 122 g/mol. The lowest BCUT2D eigenvalue weighted by molar-refractivity contribution is 0.610. The fourth-order valence-electron chi connectivity index (χ4n) is 1.42. The molecule has 0 aromatic heterocycles. The van der Waals surface area contributed by atoms with Gasteiger partial charge in [0.25, 0.3) is 0 Å². The second kappa shape index (κ2) is 4.37. The van der Waals surface area contributed by atoms with Crippen LogP contribution < -0.4 is 5.32 Å². The van der Waals surface area contributed by atoms with E-state index in [2.05, 4.69) is 11.4 Å². The van der Waals surface area contributed by atoms with E-state index in [-0.39, 0.29) is 0 Å². The van der Waals surface area contributed by atoms with Gasteiger partial charge in [-0.05, 0) is 25.7 Å². The Balaban J connectivity index is 2.35. The first-order valence-electron chi connectivity index (χ1n) is 4.30. The molecule has 0 saturated carbocycles. The molecule has 0 bridgehead atoms. The minimum Gasteiger partial charge on any atom is -0.392 e. The molecule has 0 fully saturated rings. The summed E-state index contributed by atoms with van der Waals surface area (Å²) in [6, 6.07) is 0. The molecule has 0 aliphatic heterocycles. The summed E-state index contributed by atoms with van der Waals surface area (Å²) in [7, 11) is 2.02.